The van der Waals surface area contributed by atoms with E-state index in [0.717, 1.165) is 30.9 Å². The van der Waals surface area contributed by atoms with E-state index in [4.69, 9.17) is 0 Å². The minimum absolute atomic E-state index is 0.103. The third-order valence-electron chi connectivity index (χ3n) is 3.15. The molecule has 0 amide bonds. The summed E-state index contributed by atoms with van der Waals surface area (Å²) in [6.45, 7) is 9.19. The lowest BCUT2D eigenvalue weighted by Gasteiger charge is -2.41. The highest BCUT2D eigenvalue weighted by atomic mass is 79.9. The maximum absolute atomic E-state index is 13.4. The first-order valence-corrected chi connectivity index (χ1v) is 6.64. The number of aryl methyl sites for hydroxylation is 1. The van der Waals surface area contributed by atoms with Crippen LogP contribution in [0.15, 0.2) is 16.6 Å². The zero-order valence-electron chi connectivity index (χ0n) is 10.5. The molecule has 1 aliphatic heterocycles. The van der Waals surface area contributed by atoms with Crippen molar-refractivity contribution in [2.45, 2.75) is 26.3 Å². The van der Waals surface area contributed by atoms with E-state index in [0.29, 0.717) is 4.47 Å². The summed E-state index contributed by atoms with van der Waals surface area (Å²) in [5, 5.41) is 3.48. The Bertz CT molecular complexity index is 432. The van der Waals surface area contributed by atoms with Gasteiger partial charge in [-0.25, -0.2) is 4.39 Å². The van der Waals surface area contributed by atoms with Crippen LogP contribution in [0.1, 0.15) is 19.4 Å². The van der Waals surface area contributed by atoms with Crippen LogP contribution in [-0.4, -0.2) is 25.2 Å². The summed E-state index contributed by atoms with van der Waals surface area (Å²) < 4.78 is 13.9. The van der Waals surface area contributed by atoms with E-state index < -0.39 is 0 Å². The second-order valence-corrected chi connectivity index (χ2v) is 6.14. The van der Waals surface area contributed by atoms with Crippen LogP contribution in [0, 0.1) is 12.7 Å². The molecule has 1 aromatic carbocycles. The van der Waals surface area contributed by atoms with Gasteiger partial charge >= 0.3 is 0 Å². The maximum Gasteiger partial charge on any atom is 0.137 e. The number of anilines is 1. The normalized spacial score (nSPS) is 19.5. The Labute approximate surface area is 110 Å². The first-order valence-electron chi connectivity index (χ1n) is 5.85. The molecule has 0 unspecified atom stereocenters. The molecule has 0 saturated carbocycles. The Morgan fingerprint density at radius 2 is 2.12 bits per heavy atom. The second-order valence-electron chi connectivity index (χ2n) is 5.29. The molecule has 0 bridgehead atoms. The molecule has 4 heteroatoms. The second kappa shape index (κ2) is 4.58. The van der Waals surface area contributed by atoms with Gasteiger partial charge in [-0.2, -0.15) is 0 Å². The number of piperazine rings is 1. The number of rotatable bonds is 1. The molecule has 0 spiro atoms. The molecule has 0 aromatic heterocycles. The van der Waals surface area contributed by atoms with Crippen molar-refractivity contribution in [2.24, 2.45) is 0 Å². The number of nitrogens with zero attached hydrogens (tertiary/aromatic N) is 1. The molecule has 2 nitrogen and oxygen atoms in total. The van der Waals surface area contributed by atoms with Gasteiger partial charge in [0.25, 0.3) is 0 Å². The number of benzene rings is 1. The fraction of sp³-hybridized carbons (Fsp3) is 0.538. The summed E-state index contributed by atoms with van der Waals surface area (Å²) in [4.78, 5) is 2.32. The summed E-state index contributed by atoms with van der Waals surface area (Å²) >= 11 is 3.26. The Morgan fingerprint density at radius 3 is 2.76 bits per heavy atom. The predicted octanol–water partition coefficient (Wildman–Crippen LogP) is 3.08. The molecule has 94 valence electrons. The molecule has 17 heavy (non-hydrogen) atoms. The van der Waals surface area contributed by atoms with Gasteiger partial charge in [0.2, 0.25) is 0 Å². The van der Waals surface area contributed by atoms with Gasteiger partial charge in [-0.15, -0.1) is 0 Å². The van der Waals surface area contributed by atoms with E-state index in [1.807, 2.05) is 13.0 Å². The molecular weight excluding hydrogens is 283 g/mol. The maximum atomic E-state index is 13.4. The molecule has 1 aliphatic rings. The van der Waals surface area contributed by atoms with Crippen molar-refractivity contribution in [1.82, 2.24) is 5.32 Å². The first kappa shape index (κ1) is 12.8. The van der Waals surface area contributed by atoms with Crippen LogP contribution in [0.2, 0.25) is 0 Å². The Hall–Kier alpha value is -0.610. The lowest BCUT2D eigenvalue weighted by molar-refractivity contribution is 0.353. The molecule has 0 radical (unpaired) electrons. The van der Waals surface area contributed by atoms with E-state index in [-0.39, 0.29) is 11.4 Å². The molecular formula is C13H18BrFN2. The van der Waals surface area contributed by atoms with E-state index in [9.17, 15) is 4.39 Å². The predicted molar refractivity (Wildman–Crippen MR) is 73.1 cm³/mol. The highest BCUT2D eigenvalue weighted by Crippen LogP contribution is 2.29. The summed E-state index contributed by atoms with van der Waals surface area (Å²) in [7, 11) is 0. The van der Waals surface area contributed by atoms with Crippen molar-refractivity contribution in [3.8, 4) is 0 Å². The van der Waals surface area contributed by atoms with Crippen molar-refractivity contribution in [2.75, 3.05) is 24.5 Å². The summed E-state index contributed by atoms with van der Waals surface area (Å²) in [6.07, 6.45) is 0. The topological polar surface area (TPSA) is 15.3 Å². The summed E-state index contributed by atoms with van der Waals surface area (Å²) in [6, 6.07) is 3.47. The third kappa shape index (κ3) is 2.80. The minimum Gasteiger partial charge on any atom is -0.368 e. The van der Waals surface area contributed by atoms with Crippen LogP contribution in [0.25, 0.3) is 0 Å². The van der Waals surface area contributed by atoms with Gasteiger partial charge in [0.05, 0.1) is 4.47 Å². The molecule has 0 atom stereocenters. The monoisotopic (exact) mass is 300 g/mol. The number of nitrogens with one attached hydrogen (secondary N) is 1. The Balaban J connectivity index is 2.31. The highest BCUT2D eigenvalue weighted by molar-refractivity contribution is 9.10. The molecule has 1 aromatic rings. The highest BCUT2D eigenvalue weighted by Gasteiger charge is 2.26. The SMILES string of the molecule is Cc1cc(F)c(Br)cc1N1CCNC(C)(C)C1. The van der Waals surface area contributed by atoms with Crippen LogP contribution < -0.4 is 10.2 Å². The third-order valence-corrected chi connectivity index (χ3v) is 3.76. The molecule has 1 saturated heterocycles. The van der Waals surface area contributed by atoms with Crippen LogP contribution >= 0.6 is 15.9 Å². The number of hydrogen-bond donors (Lipinski definition) is 1. The smallest absolute Gasteiger partial charge is 0.137 e. The van der Waals surface area contributed by atoms with Crippen LogP contribution in [-0.2, 0) is 0 Å². The molecule has 1 fully saturated rings. The summed E-state index contributed by atoms with van der Waals surface area (Å²) in [5.41, 5.74) is 2.21. The van der Waals surface area contributed by atoms with E-state index in [2.05, 4.69) is 40.0 Å². The van der Waals surface area contributed by atoms with Gasteiger partial charge in [-0.1, -0.05) is 0 Å². The van der Waals surface area contributed by atoms with Crippen molar-refractivity contribution in [1.29, 1.82) is 0 Å². The van der Waals surface area contributed by atoms with Gasteiger partial charge in [-0.3, -0.25) is 0 Å². The largest absolute Gasteiger partial charge is 0.368 e. The lowest BCUT2D eigenvalue weighted by Crippen LogP contribution is -2.57. The fourth-order valence-electron chi connectivity index (χ4n) is 2.32. The average Bonchev–Trinajstić information content (AvgIpc) is 2.22. The average molecular weight is 301 g/mol. The lowest BCUT2D eigenvalue weighted by atomic mass is 10.0. The summed E-state index contributed by atoms with van der Waals surface area (Å²) in [5.74, 6) is -0.194. The van der Waals surface area contributed by atoms with Crippen LogP contribution in [0.5, 0.6) is 0 Å². The fourth-order valence-corrected chi connectivity index (χ4v) is 2.65. The van der Waals surface area contributed by atoms with Crippen molar-refractivity contribution < 1.29 is 4.39 Å². The van der Waals surface area contributed by atoms with Crippen LogP contribution in [0.3, 0.4) is 0 Å². The zero-order valence-corrected chi connectivity index (χ0v) is 12.1. The Morgan fingerprint density at radius 1 is 1.41 bits per heavy atom. The Kier molecular flexibility index (Phi) is 3.46. The zero-order chi connectivity index (χ0) is 12.6. The van der Waals surface area contributed by atoms with Crippen molar-refractivity contribution in [3.05, 3.63) is 28.0 Å². The minimum atomic E-state index is -0.194. The van der Waals surface area contributed by atoms with Gasteiger partial charge in [0, 0.05) is 30.9 Å². The standard InChI is InChI=1S/C13H18BrFN2/c1-9-6-11(15)10(14)7-12(9)17-5-4-16-13(2,3)8-17/h6-7,16H,4-5,8H2,1-3H3. The van der Waals surface area contributed by atoms with Gasteiger partial charge in [0.15, 0.2) is 0 Å². The molecule has 2 rings (SSSR count). The van der Waals surface area contributed by atoms with Gasteiger partial charge in [0.1, 0.15) is 5.82 Å². The molecule has 1 N–H and O–H groups in total. The van der Waals surface area contributed by atoms with E-state index >= 15 is 0 Å². The number of halogens is 2. The molecule has 0 aliphatic carbocycles. The molecule has 1 heterocycles. The number of hydrogen-bond acceptors (Lipinski definition) is 2. The van der Waals surface area contributed by atoms with Crippen molar-refractivity contribution in [3.63, 3.8) is 0 Å². The van der Waals surface area contributed by atoms with Gasteiger partial charge in [-0.05, 0) is 54.4 Å². The van der Waals surface area contributed by atoms with E-state index in [1.165, 1.54) is 0 Å². The van der Waals surface area contributed by atoms with Crippen molar-refractivity contribution >= 4 is 21.6 Å². The van der Waals surface area contributed by atoms with Crippen LogP contribution in [0.4, 0.5) is 10.1 Å². The quantitative estimate of drug-likeness (QED) is 0.857. The van der Waals surface area contributed by atoms with Gasteiger partial charge < -0.3 is 10.2 Å². The first-order chi connectivity index (χ1) is 7.89. The van der Waals surface area contributed by atoms with E-state index in [1.54, 1.807) is 6.07 Å².